The van der Waals surface area contributed by atoms with Crippen molar-refractivity contribution in [2.75, 3.05) is 25.7 Å². The molecule has 1 N–H and O–H groups in total. The first-order valence-corrected chi connectivity index (χ1v) is 13.7. The topological polar surface area (TPSA) is 126 Å². The van der Waals surface area contributed by atoms with Crippen LogP contribution in [0, 0.1) is 0 Å². The molecular formula is C25H48N3O8P. The molecule has 1 aromatic rings. The molecule has 12 heteroatoms. The Morgan fingerprint density at radius 3 is 2.00 bits per heavy atom. The van der Waals surface area contributed by atoms with Gasteiger partial charge in [-0.15, -0.1) is 0 Å². The lowest BCUT2D eigenvalue weighted by Crippen LogP contribution is -2.39. The monoisotopic (exact) mass is 549 g/mol. The molecule has 0 aromatic carbocycles. The number of hydrogen-bond donors (Lipinski definition) is 1. The highest BCUT2D eigenvalue weighted by molar-refractivity contribution is 7.48. The van der Waals surface area contributed by atoms with E-state index in [-0.39, 0.29) is 14.5 Å². The lowest BCUT2D eigenvalue weighted by Gasteiger charge is -2.31. The van der Waals surface area contributed by atoms with E-state index < -0.39 is 43.5 Å². The number of aromatic nitrogens is 1. The molecule has 0 saturated carbocycles. The van der Waals surface area contributed by atoms with Gasteiger partial charge in [-0.25, -0.2) is 18.9 Å². The van der Waals surface area contributed by atoms with Crippen LogP contribution in [0.4, 0.5) is 10.6 Å². The fraction of sp³-hybridized carbons (Fsp3) is 0.720. The number of phosphoric ester groups is 1. The van der Waals surface area contributed by atoms with E-state index in [0.29, 0.717) is 11.4 Å². The highest BCUT2D eigenvalue weighted by Crippen LogP contribution is 2.55. The molecule has 1 aromatic heterocycles. The van der Waals surface area contributed by atoms with Gasteiger partial charge < -0.3 is 14.8 Å². The number of nitrogens with zero attached hydrogens (tertiary/aromatic N) is 2. The number of ether oxygens (including phenoxy) is 2. The van der Waals surface area contributed by atoms with Gasteiger partial charge in [-0.2, -0.15) is 0 Å². The van der Waals surface area contributed by atoms with Crippen LogP contribution in [0.25, 0.3) is 0 Å². The number of pyridine rings is 1. The minimum Gasteiger partial charge on any atom is -0.459 e. The summed E-state index contributed by atoms with van der Waals surface area (Å²) in [5.41, 5.74) is -1.79. The maximum atomic E-state index is 13.1. The Bertz CT molecular complexity index is 891. The third-order valence-corrected chi connectivity index (χ3v) is 5.62. The number of carbonyl (C=O) groups excluding carboxylic acids is 2. The lowest BCUT2D eigenvalue weighted by atomic mass is 10.2. The Morgan fingerprint density at radius 1 is 1.00 bits per heavy atom. The first kappa shape index (κ1) is 34.8. The van der Waals surface area contributed by atoms with Crippen molar-refractivity contribution >= 4 is 25.7 Å². The molecule has 0 aliphatic heterocycles. The number of nitrogens with one attached hydrogen (secondary N) is 1. The standard InChI is InChI=1S/C23H40N3O8P.C2H6.H2/c1-21(2,3)32-18(27)15-26(14-17-12-11-13-25-19(17)24-10)20(28)30-16-31-35(29,33-22(4,5)6)34-23(7,8)9;1-2;/h11-13H,14-16H2,1-10H3,(H,24,25);1-2H3;1H. The van der Waals surface area contributed by atoms with Crippen LogP contribution < -0.4 is 5.32 Å². The molecule has 1 rings (SSSR count). The zero-order chi connectivity index (χ0) is 29.1. The van der Waals surface area contributed by atoms with Crippen molar-refractivity contribution in [2.24, 2.45) is 0 Å². The molecule has 0 saturated heterocycles. The molecule has 0 aliphatic carbocycles. The Hall–Kier alpha value is -2.20. The van der Waals surface area contributed by atoms with Crippen LogP contribution in [0.2, 0.25) is 0 Å². The summed E-state index contributed by atoms with van der Waals surface area (Å²) in [7, 11) is -2.40. The van der Waals surface area contributed by atoms with Gasteiger partial charge in [-0.05, 0) is 68.4 Å². The van der Waals surface area contributed by atoms with E-state index in [0.717, 1.165) is 4.90 Å². The van der Waals surface area contributed by atoms with Crippen molar-refractivity contribution in [1.29, 1.82) is 0 Å². The normalized spacial score (nSPS) is 12.2. The molecule has 1 amide bonds. The van der Waals surface area contributed by atoms with Gasteiger partial charge in [-0.1, -0.05) is 19.9 Å². The third-order valence-electron chi connectivity index (χ3n) is 3.65. The molecular weight excluding hydrogens is 501 g/mol. The van der Waals surface area contributed by atoms with E-state index in [2.05, 4.69) is 10.3 Å². The van der Waals surface area contributed by atoms with Gasteiger partial charge in [0.25, 0.3) is 0 Å². The van der Waals surface area contributed by atoms with Gasteiger partial charge in [0.15, 0.2) is 0 Å². The van der Waals surface area contributed by atoms with Crippen LogP contribution >= 0.6 is 7.82 Å². The maximum Gasteiger partial charge on any atom is 0.478 e. The van der Waals surface area contributed by atoms with Gasteiger partial charge >= 0.3 is 19.9 Å². The van der Waals surface area contributed by atoms with E-state index in [9.17, 15) is 14.2 Å². The van der Waals surface area contributed by atoms with Gasteiger partial charge in [-0.3, -0.25) is 18.7 Å². The number of carbonyl (C=O) groups is 2. The predicted molar refractivity (Wildman–Crippen MR) is 145 cm³/mol. The summed E-state index contributed by atoms with van der Waals surface area (Å²) in [5, 5.41) is 2.94. The van der Waals surface area contributed by atoms with Crippen molar-refractivity contribution in [2.45, 2.75) is 99.5 Å². The minimum absolute atomic E-state index is 0. The molecule has 0 atom stereocenters. The van der Waals surface area contributed by atoms with Crippen LogP contribution in [0.15, 0.2) is 18.3 Å². The van der Waals surface area contributed by atoms with E-state index in [1.165, 1.54) is 0 Å². The third kappa shape index (κ3) is 15.6. The molecule has 1 heterocycles. The number of esters is 1. The Labute approximate surface area is 223 Å². The van der Waals surface area contributed by atoms with Crippen molar-refractivity contribution in [3.63, 3.8) is 0 Å². The van der Waals surface area contributed by atoms with E-state index in [4.69, 9.17) is 23.0 Å². The summed E-state index contributed by atoms with van der Waals surface area (Å²) >= 11 is 0. The van der Waals surface area contributed by atoms with Gasteiger partial charge in [0.05, 0.1) is 17.7 Å². The summed E-state index contributed by atoms with van der Waals surface area (Å²) in [5.74, 6) is -0.0875. The van der Waals surface area contributed by atoms with Gasteiger partial charge in [0, 0.05) is 20.2 Å². The molecule has 0 bridgehead atoms. The Kier molecular flexibility index (Phi) is 13.8. The molecule has 0 fully saturated rings. The SMILES string of the molecule is CC.CNc1ncccc1CN(CC(=O)OC(C)(C)C)C(=O)OCOP(=O)(OC(C)(C)C)OC(C)(C)C.[HH]. The molecule has 0 spiro atoms. The minimum atomic E-state index is -4.09. The second-order valence-corrected chi connectivity index (χ2v) is 12.2. The molecule has 216 valence electrons. The maximum absolute atomic E-state index is 13.1. The lowest BCUT2D eigenvalue weighted by molar-refractivity contribution is -0.156. The second kappa shape index (κ2) is 14.7. The number of hydrogen-bond acceptors (Lipinski definition) is 10. The van der Waals surface area contributed by atoms with Crippen LogP contribution in [0.5, 0.6) is 0 Å². The molecule has 0 radical (unpaired) electrons. The first-order valence-electron chi connectivity index (χ1n) is 12.2. The number of phosphoric acid groups is 1. The van der Waals surface area contributed by atoms with Crippen LogP contribution in [0.3, 0.4) is 0 Å². The van der Waals surface area contributed by atoms with Crippen molar-refractivity contribution in [1.82, 2.24) is 9.88 Å². The van der Waals surface area contributed by atoms with Crippen LogP contribution in [-0.4, -0.2) is 59.1 Å². The number of amides is 1. The van der Waals surface area contributed by atoms with Crippen molar-refractivity contribution in [3.05, 3.63) is 23.9 Å². The van der Waals surface area contributed by atoms with Gasteiger partial charge in [0.1, 0.15) is 18.0 Å². The zero-order valence-electron chi connectivity index (χ0n) is 24.5. The smallest absolute Gasteiger partial charge is 0.459 e. The van der Waals surface area contributed by atoms with E-state index in [1.54, 1.807) is 87.7 Å². The average Bonchev–Trinajstić information content (AvgIpc) is 2.70. The summed E-state index contributed by atoms with van der Waals surface area (Å²) in [4.78, 5) is 30.7. The summed E-state index contributed by atoms with van der Waals surface area (Å²) in [6.07, 6.45) is 0.710. The van der Waals surface area contributed by atoms with Crippen molar-refractivity contribution in [3.8, 4) is 0 Å². The Morgan fingerprint density at radius 2 is 1.54 bits per heavy atom. The summed E-state index contributed by atoms with van der Waals surface area (Å²) in [6.45, 7) is 18.2. The Balaban J connectivity index is 0. The van der Waals surface area contributed by atoms with Crippen LogP contribution in [0.1, 0.15) is 83.2 Å². The highest BCUT2D eigenvalue weighted by atomic mass is 31.2. The predicted octanol–water partition coefficient (Wildman–Crippen LogP) is 6.39. The zero-order valence-corrected chi connectivity index (χ0v) is 25.4. The first-order chi connectivity index (χ1) is 16.8. The average molecular weight is 550 g/mol. The number of anilines is 1. The quantitative estimate of drug-likeness (QED) is 0.199. The van der Waals surface area contributed by atoms with Crippen LogP contribution in [-0.2, 0) is 38.9 Å². The largest absolute Gasteiger partial charge is 0.478 e. The van der Waals surface area contributed by atoms with E-state index >= 15 is 0 Å². The van der Waals surface area contributed by atoms with E-state index in [1.807, 2.05) is 13.8 Å². The fourth-order valence-electron chi connectivity index (χ4n) is 2.69. The van der Waals surface area contributed by atoms with Gasteiger partial charge in [0.2, 0.25) is 6.79 Å². The number of rotatable bonds is 10. The highest BCUT2D eigenvalue weighted by Gasteiger charge is 2.38. The molecule has 0 unspecified atom stereocenters. The molecule has 11 nitrogen and oxygen atoms in total. The molecule has 37 heavy (non-hydrogen) atoms. The molecule has 0 aliphatic rings. The fourth-order valence-corrected chi connectivity index (χ4v) is 4.35. The second-order valence-electron chi connectivity index (χ2n) is 10.7. The summed E-state index contributed by atoms with van der Waals surface area (Å²) in [6, 6.07) is 3.47. The van der Waals surface area contributed by atoms with Crippen molar-refractivity contribution < 1.29 is 38.6 Å². The summed E-state index contributed by atoms with van der Waals surface area (Å²) < 4.78 is 40.0.